The molecule has 1 aliphatic heterocycles. The zero-order chi connectivity index (χ0) is 23.6. The molecule has 2 atom stereocenters. The molecular formula is C24H34N4O4. The molecule has 1 aromatic carbocycles. The van der Waals surface area contributed by atoms with Crippen molar-refractivity contribution in [1.29, 1.82) is 0 Å². The summed E-state index contributed by atoms with van der Waals surface area (Å²) in [4.78, 5) is 46.3. The number of ether oxygens (including phenoxy) is 1. The van der Waals surface area contributed by atoms with Gasteiger partial charge >= 0.3 is 6.09 Å². The molecule has 3 rings (SSSR count). The summed E-state index contributed by atoms with van der Waals surface area (Å²) in [6.07, 6.45) is 0.539. The Labute approximate surface area is 189 Å². The number of piperazine rings is 1. The normalized spacial score (nSPS) is 19.3. The third-order valence-corrected chi connectivity index (χ3v) is 5.76. The maximum Gasteiger partial charge on any atom is 0.410 e. The van der Waals surface area contributed by atoms with Crippen LogP contribution < -0.4 is 5.56 Å². The maximum atomic E-state index is 12.9. The van der Waals surface area contributed by atoms with E-state index < -0.39 is 5.60 Å². The molecule has 174 valence electrons. The Morgan fingerprint density at radius 3 is 2.41 bits per heavy atom. The van der Waals surface area contributed by atoms with Crippen molar-refractivity contribution < 1.29 is 14.3 Å². The lowest BCUT2D eigenvalue weighted by Crippen LogP contribution is -2.60. The number of fused-ring (bicyclic) bond motifs is 1. The number of hydrogen-bond acceptors (Lipinski definition) is 5. The second-order valence-electron chi connectivity index (χ2n) is 9.61. The van der Waals surface area contributed by atoms with Gasteiger partial charge in [-0.3, -0.25) is 14.2 Å². The second kappa shape index (κ2) is 9.30. The van der Waals surface area contributed by atoms with Crippen LogP contribution in [0.15, 0.2) is 29.1 Å². The van der Waals surface area contributed by atoms with E-state index in [4.69, 9.17) is 4.74 Å². The number of nitrogens with zero attached hydrogens (tertiary/aromatic N) is 4. The lowest BCUT2D eigenvalue weighted by atomic mass is 10.1. The fraction of sp³-hybridized carbons (Fsp3) is 0.583. The van der Waals surface area contributed by atoms with Crippen LogP contribution in [0, 0.1) is 6.92 Å². The molecule has 0 N–H and O–H groups in total. The van der Waals surface area contributed by atoms with Gasteiger partial charge in [0.15, 0.2) is 0 Å². The SMILES string of the molecule is Cc1nc2ccccc2c(=O)n1CCCC(=O)N1C[C@@H](C)N(C(=O)OC(C)(C)C)C[C@H]1C. The maximum absolute atomic E-state index is 12.9. The summed E-state index contributed by atoms with van der Waals surface area (Å²) in [6.45, 7) is 12.6. The van der Waals surface area contributed by atoms with Gasteiger partial charge in [0.2, 0.25) is 5.91 Å². The number of carbonyl (C=O) groups excluding carboxylic acids is 2. The van der Waals surface area contributed by atoms with Crippen LogP contribution >= 0.6 is 0 Å². The van der Waals surface area contributed by atoms with E-state index in [1.165, 1.54) is 0 Å². The molecule has 2 amide bonds. The average molecular weight is 443 g/mol. The fourth-order valence-corrected chi connectivity index (χ4v) is 4.12. The van der Waals surface area contributed by atoms with Crippen molar-refractivity contribution in [1.82, 2.24) is 19.4 Å². The van der Waals surface area contributed by atoms with E-state index in [1.54, 1.807) is 15.5 Å². The molecule has 0 aliphatic carbocycles. The van der Waals surface area contributed by atoms with Crippen molar-refractivity contribution in [3.8, 4) is 0 Å². The third-order valence-electron chi connectivity index (χ3n) is 5.76. The Hall–Kier alpha value is -2.90. The Bertz CT molecular complexity index is 1060. The number of amides is 2. The van der Waals surface area contributed by atoms with Crippen molar-refractivity contribution >= 4 is 22.9 Å². The number of benzene rings is 1. The highest BCUT2D eigenvalue weighted by atomic mass is 16.6. The molecule has 1 saturated heterocycles. The molecule has 8 heteroatoms. The number of aromatic nitrogens is 2. The highest BCUT2D eigenvalue weighted by Gasteiger charge is 2.36. The van der Waals surface area contributed by atoms with Gasteiger partial charge in [-0.2, -0.15) is 0 Å². The quantitative estimate of drug-likeness (QED) is 0.725. The Balaban J connectivity index is 1.60. The fourth-order valence-electron chi connectivity index (χ4n) is 4.12. The van der Waals surface area contributed by atoms with E-state index >= 15 is 0 Å². The number of rotatable bonds is 4. The molecule has 1 fully saturated rings. The van der Waals surface area contributed by atoms with Crippen LogP contribution in [0.4, 0.5) is 4.79 Å². The third kappa shape index (κ3) is 5.29. The first kappa shape index (κ1) is 23.8. The molecule has 2 aromatic rings. The minimum absolute atomic E-state index is 0.0349. The monoisotopic (exact) mass is 442 g/mol. The van der Waals surface area contributed by atoms with Gasteiger partial charge in [0, 0.05) is 38.1 Å². The van der Waals surface area contributed by atoms with Crippen LogP contribution in [0.2, 0.25) is 0 Å². The summed E-state index contributed by atoms with van der Waals surface area (Å²) < 4.78 is 7.14. The van der Waals surface area contributed by atoms with Crippen LogP contribution in [-0.2, 0) is 16.1 Å². The number of para-hydroxylation sites is 1. The lowest BCUT2D eigenvalue weighted by Gasteiger charge is -2.44. The molecule has 0 bridgehead atoms. The molecule has 0 saturated carbocycles. The molecule has 0 unspecified atom stereocenters. The van der Waals surface area contributed by atoms with Crippen LogP contribution in [0.1, 0.15) is 53.3 Å². The Kier molecular flexibility index (Phi) is 6.91. The largest absolute Gasteiger partial charge is 0.444 e. The zero-order valence-electron chi connectivity index (χ0n) is 19.9. The zero-order valence-corrected chi connectivity index (χ0v) is 19.9. The van der Waals surface area contributed by atoms with Crippen LogP contribution in [0.3, 0.4) is 0 Å². The van der Waals surface area contributed by atoms with Crippen molar-refractivity contribution in [2.75, 3.05) is 13.1 Å². The lowest BCUT2D eigenvalue weighted by molar-refractivity contribution is -0.137. The highest BCUT2D eigenvalue weighted by molar-refractivity contribution is 5.78. The van der Waals surface area contributed by atoms with Gasteiger partial charge in [-0.15, -0.1) is 0 Å². The molecule has 0 radical (unpaired) electrons. The summed E-state index contributed by atoms with van der Waals surface area (Å²) in [5.74, 6) is 0.682. The summed E-state index contributed by atoms with van der Waals surface area (Å²) in [6, 6.07) is 7.07. The predicted octanol–water partition coefficient (Wildman–Crippen LogP) is 3.34. The van der Waals surface area contributed by atoms with Crippen LogP contribution in [0.25, 0.3) is 10.9 Å². The number of aryl methyl sites for hydroxylation is 1. The molecule has 32 heavy (non-hydrogen) atoms. The average Bonchev–Trinajstić information content (AvgIpc) is 2.70. The van der Waals surface area contributed by atoms with Crippen molar-refractivity contribution in [3.63, 3.8) is 0 Å². The highest BCUT2D eigenvalue weighted by Crippen LogP contribution is 2.20. The predicted molar refractivity (Wildman–Crippen MR) is 124 cm³/mol. The van der Waals surface area contributed by atoms with Gasteiger partial charge in [0.1, 0.15) is 11.4 Å². The van der Waals surface area contributed by atoms with E-state index in [1.807, 2.05) is 64.6 Å². The summed E-state index contributed by atoms with van der Waals surface area (Å²) in [5, 5.41) is 0.588. The molecule has 1 aliphatic rings. The van der Waals surface area contributed by atoms with Gasteiger partial charge in [-0.25, -0.2) is 9.78 Å². The first-order valence-electron chi connectivity index (χ1n) is 11.2. The molecule has 1 aromatic heterocycles. The van der Waals surface area contributed by atoms with Gasteiger partial charge < -0.3 is 14.5 Å². The van der Waals surface area contributed by atoms with Gasteiger partial charge in [-0.05, 0) is 60.1 Å². The Morgan fingerprint density at radius 1 is 1.09 bits per heavy atom. The summed E-state index contributed by atoms with van der Waals surface area (Å²) in [7, 11) is 0. The topological polar surface area (TPSA) is 84.7 Å². The molecule has 8 nitrogen and oxygen atoms in total. The first-order chi connectivity index (χ1) is 15.0. The minimum atomic E-state index is -0.555. The second-order valence-corrected chi connectivity index (χ2v) is 9.61. The number of carbonyl (C=O) groups is 2. The standard InChI is InChI=1S/C24H34N4O4/c1-16-15-28(23(31)32-24(4,5)6)17(2)14-27(16)21(29)12-9-13-26-18(3)25-20-11-8-7-10-19(20)22(26)30/h7-8,10-11,16-17H,9,12-15H2,1-6H3/t16-,17-/m1/s1. The van der Waals surface area contributed by atoms with Crippen LogP contribution in [-0.4, -0.2) is 62.1 Å². The van der Waals surface area contributed by atoms with Crippen molar-refractivity contribution in [2.45, 2.75) is 78.6 Å². The van der Waals surface area contributed by atoms with E-state index in [-0.39, 0.29) is 29.6 Å². The summed E-state index contributed by atoms with van der Waals surface area (Å²) >= 11 is 0. The number of hydrogen-bond donors (Lipinski definition) is 0. The van der Waals surface area contributed by atoms with Gasteiger partial charge in [0.25, 0.3) is 5.56 Å². The van der Waals surface area contributed by atoms with Crippen LogP contribution in [0.5, 0.6) is 0 Å². The van der Waals surface area contributed by atoms with Gasteiger partial charge in [-0.1, -0.05) is 12.1 Å². The summed E-state index contributed by atoms with van der Waals surface area (Å²) in [5.41, 5.74) is 0.0578. The van der Waals surface area contributed by atoms with E-state index in [9.17, 15) is 14.4 Å². The molecular weight excluding hydrogens is 408 g/mol. The molecule has 0 spiro atoms. The molecule has 2 heterocycles. The van der Waals surface area contributed by atoms with Crippen molar-refractivity contribution in [3.05, 3.63) is 40.4 Å². The van der Waals surface area contributed by atoms with Gasteiger partial charge in [0.05, 0.1) is 10.9 Å². The smallest absolute Gasteiger partial charge is 0.410 e. The Morgan fingerprint density at radius 2 is 1.72 bits per heavy atom. The van der Waals surface area contributed by atoms with E-state index in [2.05, 4.69) is 4.98 Å². The first-order valence-corrected chi connectivity index (χ1v) is 11.2. The minimum Gasteiger partial charge on any atom is -0.444 e. The van der Waals surface area contributed by atoms with E-state index in [0.717, 1.165) is 0 Å². The van der Waals surface area contributed by atoms with Crippen molar-refractivity contribution in [2.24, 2.45) is 0 Å². The van der Waals surface area contributed by atoms with E-state index in [0.29, 0.717) is 49.2 Å².